The zero-order valence-corrected chi connectivity index (χ0v) is 86.0. The molecule has 0 saturated carbocycles. The zero-order chi connectivity index (χ0) is 93.0. The lowest BCUT2D eigenvalue weighted by Gasteiger charge is -2.06. The van der Waals surface area contributed by atoms with Crippen LogP contribution < -0.4 is 0 Å². The van der Waals surface area contributed by atoms with Gasteiger partial charge < -0.3 is 0 Å². The second-order valence-corrected chi connectivity index (χ2v) is 36.1. The van der Waals surface area contributed by atoms with E-state index in [4.69, 9.17) is 11.6 Å². The van der Waals surface area contributed by atoms with Gasteiger partial charge in [-0.1, -0.05) is 185 Å². The van der Waals surface area contributed by atoms with E-state index in [9.17, 15) is 0 Å². The van der Waals surface area contributed by atoms with Crippen LogP contribution >= 0.6 is 11.6 Å². The van der Waals surface area contributed by atoms with Crippen molar-refractivity contribution in [2.45, 2.75) is 382 Å². The van der Waals surface area contributed by atoms with Gasteiger partial charge in [-0.15, -0.1) is 0 Å². The first kappa shape index (κ1) is 110. The number of aromatic nitrogens is 22. The second kappa shape index (κ2) is 50.9. The number of nitrogens with zero attached hydrogens (tertiary/aromatic N) is 19. The summed E-state index contributed by atoms with van der Waals surface area (Å²) in [6, 6.07) is 0. The largest absolute Gasteiger partial charge is 0.282 e. The normalized spacial score (nSPS) is 11.0. The maximum absolute atomic E-state index is 6.01. The minimum Gasteiger partial charge on any atom is -0.282 e. The molecular weight excluding hydrogens is 1510 g/mol. The molecule has 11 aromatic heterocycles. The van der Waals surface area contributed by atoms with Gasteiger partial charge in [0.05, 0.1) is 63.1 Å². The van der Waals surface area contributed by atoms with Crippen molar-refractivity contribution in [3.8, 4) is 0 Å². The van der Waals surface area contributed by atoms with Gasteiger partial charge in [0.1, 0.15) is 5.15 Å². The number of aromatic amines is 3. The zero-order valence-electron chi connectivity index (χ0n) is 85.2. The number of halogens is 1. The van der Waals surface area contributed by atoms with Gasteiger partial charge in [-0.3, -0.25) is 52.8 Å². The molecule has 3 N–H and O–H groups in total. The first-order chi connectivity index (χ1) is 55.5. The summed E-state index contributed by atoms with van der Waals surface area (Å²) in [6.45, 7) is 91.2. The van der Waals surface area contributed by atoms with Crippen LogP contribution in [0.5, 0.6) is 0 Å². The molecule has 23 heteroatoms. The number of nitrogens with one attached hydrogen (secondary N) is 3. The van der Waals surface area contributed by atoms with Crippen molar-refractivity contribution < 1.29 is 0 Å². The van der Waals surface area contributed by atoms with Gasteiger partial charge in [0.25, 0.3) is 0 Å². The quantitative estimate of drug-likeness (QED) is 0.0874. The topological polar surface area (TPSA) is 229 Å². The molecule has 22 nitrogen and oxygen atoms in total. The van der Waals surface area contributed by atoms with E-state index in [2.05, 4.69) is 352 Å². The Morgan fingerprint density at radius 1 is 0.308 bits per heavy atom. The van der Waals surface area contributed by atoms with Gasteiger partial charge in [0.2, 0.25) is 0 Å². The molecule has 0 atom stereocenters. The van der Waals surface area contributed by atoms with Gasteiger partial charge in [-0.2, -0.15) is 56.1 Å². The Bertz CT molecular complexity index is 4370. The van der Waals surface area contributed by atoms with Crippen LogP contribution in [0.25, 0.3) is 0 Å². The molecule has 11 aromatic rings. The Kier molecular flexibility index (Phi) is 46.5. The first-order valence-electron chi connectivity index (χ1n) is 44.3. The molecular formula is C97H171ClN22. The Balaban J connectivity index is 0.000000660. The average Bonchev–Trinajstić information content (AvgIpc) is 1.67. The third-order valence-corrected chi connectivity index (χ3v) is 22.4. The molecule has 0 unspecified atom stereocenters. The summed E-state index contributed by atoms with van der Waals surface area (Å²) in [6.07, 6.45) is 7.16. The van der Waals surface area contributed by atoms with Crippen LogP contribution in [0.15, 0.2) is 12.4 Å². The van der Waals surface area contributed by atoms with Crippen molar-refractivity contribution in [3.63, 3.8) is 0 Å². The number of H-pyrrole nitrogens is 3. The van der Waals surface area contributed by atoms with Crippen molar-refractivity contribution in [3.05, 3.63) is 187 Å². The predicted molar refractivity (Wildman–Crippen MR) is 510 cm³/mol. The molecule has 0 radical (unpaired) electrons. The molecule has 0 aliphatic carbocycles. The van der Waals surface area contributed by atoms with Crippen molar-refractivity contribution in [1.82, 2.24) is 109 Å². The lowest BCUT2D eigenvalue weighted by atomic mass is 9.98. The smallest absolute Gasteiger partial charge is 0.130 e. The summed E-state index contributed by atoms with van der Waals surface area (Å²) in [5.74, 6) is 6.32. The van der Waals surface area contributed by atoms with Gasteiger partial charge >= 0.3 is 0 Å². The van der Waals surface area contributed by atoms with Crippen LogP contribution in [0.3, 0.4) is 0 Å². The molecule has 0 aliphatic rings. The van der Waals surface area contributed by atoms with E-state index < -0.39 is 0 Å². The SMILES string of the molecule is CCc1c(C(C)C)c(C)nn1C.CCc1n[nH]c(CC)c1C(C)C.CCn1nc(C)c(C(C)C)c1C.Cc1cnn(C)c1C(C)C.Cc1n[nH]c(C)c1C(C)C.Cc1n[nH]c(C)c1C(C)C.Cc1nn(C)c(C)c1C(C)C.Cc1nn(C)c(C)c1C(C)C.Cc1nn(C)c(C)c1C(C)C.Cc1nn(C)c(Cl)c1C(C)C.Cc1nn(C)cc1C(C)C. The maximum atomic E-state index is 6.01. The maximum Gasteiger partial charge on any atom is 0.130 e. The van der Waals surface area contributed by atoms with Crippen LogP contribution in [-0.4, -0.2) is 109 Å². The lowest BCUT2D eigenvalue weighted by molar-refractivity contribution is 0.632. The molecule has 0 bridgehead atoms. The van der Waals surface area contributed by atoms with Gasteiger partial charge in [0, 0.05) is 119 Å². The van der Waals surface area contributed by atoms with Crippen LogP contribution in [0.2, 0.25) is 5.15 Å². The fraction of sp³-hybridized carbons (Fsp3) is 0.660. The van der Waals surface area contributed by atoms with E-state index in [-0.39, 0.29) is 0 Å². The average molecular weight is 1680 g/mol. The Labute approximate surface area is 734 Å². The van der Waals surface area contributed by atoms with E-state index in [1.165, 1.54) is 141 Å². The summed E-state index contributed by atoms with van der Waals surface area (Å²) in [7, 11) is 13.8. The summed E-state index contributed by atoms with van der Waals surface area (Å²) in [5.41, 5.74) is 38.2. The van der Waals surface area contributed by atoms with Crippen LogP contribution in [-0.2, 0) is 75.1 Å². The van der Waals surface area contributed by atoms with Gasteiger partial charge in [-0.25, -0.2) is 0 Å². The number of rotatable bonds is 15. The van der Waals surface area contributed by atoms with Gasteiger partial charge in [-0.05, 0) is 258 Å². The second-order valence-electron chi connectivity index (χ2n) is 35.7. The highest BCUT2D eigenvalue weighted by Gasteiger charge is 2.20. The summed E-state index contributed by atoms with van der Waals surface area (Å²) >= 11 is 6.01. The van der Waals surface area contributed by atoms with E-state index in [1.807, 2.05) is 104 Å². The van der Waals surface area contributed by atoms with E-state index in [1.54, 1.807) is 4.68 Å². The van der Waals surface area contributed by atoms with E-state index >= 15 is 0 Å². The fourth-order valence-electron chi connectivity index (χ4n) is 17.0. The van der Waals surface area contributed by atoms with Crippen molar-refractivity contribution in [2.24, 2.45) is 49.3 Å². The monoisotopic (exact) mass is 1680 g/mol. The van der Waals surface area contributed by atoms with Crippen LogP contribution in [0, 0.1) is 111 Å². The fourth-order valence-corrected chi connectivity index (χ4v) is 17.4. The van der Waals surface area contributed by atoms with Crippen molar-refractivity contribution >= 4 is 11.6 Å². The highest BCUT2D eigenvalue weighted by molar-refractivity contribution is 6.30. The Hall–Kier alpha value is -8.40. The number of hydrogen-bond acceptors (Lipinski definition) is 11. The van der Waals surface area contributed by atoms with Gasteiger partial charge in [0.15, 0.2) is 0 Å². The highest BCUT2D eigenvalue weighted by Crippen LogP contribution is 2.30. The highest BCUT2D eigenvalue weighted by atomic mass is 35.5. The standard InChI is InChI=1S/3C10H18N2.3C9H16N2.C8H13ClN2.4C8H14N2/c1-6-9-10(7(2)3)8(4)11-12(9)5;1-6-12-9(5)10(7(2)3)8(4)11-12;1-5-8-10(7(3)4)9(6-2)12-11-8;3*1-6(2)9-7(3)10-11(5)8(9)4;1-5(2)7-6(3)10-11(4)8(7)9;1-6(2)8-5-10(4)9-7(8)3;1-6(2)8-7(3)5-9-10(8)4;2*1-5(2)8-6(3)9-10-7(8)4/h2*7H,6H2,1-5H3;7H,5-6H2,1-4H3,(H,11,12);3*6H,1-5H3;5H,1-4H3;2*5-6H,1-4H3;2*5H,1-4H3,(H,9,10). The van der Waals surface area contributed by atoms with E-state index in [0.29, 0.717) is 65.1 Å². The molecule has 0 fully saturated rings. The van der Waals surface area contributed by atoms with E-state index in [0.717, 1.165) is 59.3 Å². The molecule has 676 valence electrons. The predicted octanol–water partition coefficient (Wildman–Crippen LogP) is 24.7. The molecule has 0 aromatic carbocycles. The molecule has 0 spiro atoms. The lowest BCUT2D eigenvalue weighted by Crippen LogP contribution is -2.00. The summed E-state index contributed by atoms with van der Waals surface area (Å²) in [4.78, 5) is 0. The molecule has 120 heavy (non-hydrogen) atoms. The third kappa shape index (κ3) is 31.2. The number of aryl methyl sites for hydroxylation is 22. The minimum absolute atomic E-state index is 0.455. The molecule has 0 amide bonds. The molecule has 11 heterocycles. The molecule has 0 aliphatic heterocycles. The number of hydrogen-bond donors (Lipinski definition) is 3. The summed E-state index contributed by atoms with van der Waals surface area (Å²) < 4.78 is 15.5. The molecule has 11 rings (SSSR count). The first-order valence-corrected chi connectivity index (χ1v) is 44.7. The van der Waals surface area contributed by atoms with Crippen LogP contribution in [0.4, 0.5) is 0 Å². The van der Waals surface area contributed by atoms with Crippen molar-refractivity contribution in [2.75, 3.05) is 0 Å². The van der Waals surface area contributed by atoms with Crippen molar-refractivity contribution in [1.29, 1.82) is 0 Å². The Morgan fingerprint density at radius 2 is 0.650 bits per heavy atom. The molecule has 0 saturated heterocycles. The van der Waals surface area contributed by atoms with Crippen LogP contribution in [0.1, 0.15) is 414 Å². The Morgan fingerprint density at radius 3 is 0.833 bits per heavy atom. The third-order valence-electron chi connectivity index (χ3n) is 22.0. The minimum atomic E-state index is 0.455. The summed E-state index contributed by atoms with van der Waals surface area (Å²) in [5, 5.41) is 56.9.